The number of hydrogen-bond donors (Lipinski definition) is 0. The molecule has 3 rings (SSSR count). The van der Waals surface area contributed by atoms with Gasteiger partial charge in [-0.2, -0.15) is 5.10 Å². The third-order valence-corrected chi connectivity index (χ3v) is 4.60. The highest BCUT2D eigenvalue weighted by Gasteiger charge is 2.26. The predicted molar refractivity (Wildman–Crippen MR) is 92.1 cm³/mol. The highest BCUT2D eigenvalue weighted by atomic mass is 16.5. The maximum atomic E-state index is 12.1. The molecule has 124 valence electrons. The standard InChI is InChI=1S/C19H26N2O2/c1-5-17(22)13-6-7-16-15(12-13)18(19(2,3)4)20-21(16)14-8-10-23-11-9-14/h6-7,12,14H,5,8-11H2,1-4H3. The molecule has 0 saturated carbocycles. The van der Waals surface area contributed by atoms with Crippen molar-refractivity contribution in [3.63, 3.8) is 0 Å². The molecule has 4 heteroatoms. The number of carbonyl (C=O) groups is 1. The highest BCUT2D eigenvalue weighted by Crippen LogP contribution is 2.33. The molecule has 1 saturated heterocycles. The van der Waals surface area contributed by atoms with E-state index in [0.717, 1.165) is 48.2 Å². The van der Waals surface area contributed by atoms with E-state index in [1.807, 2.05) is 19.1 Å². The molecule has 4 nitrogen and oxygen atoms in total. The molecule has 0 amide bonds. The van der Waals surface area contributed by atoms with E-state index in [1.165, 1.54) is 0 Å². The lowest BCUT2D eigenvalue weighted by atomic mass is 9.89. The SMILES string of the molecule is CCC(=O)c1ccc2c(c1)c(C(C)(C)C)nn2C1CCOCC1. The van der Waals surface area contributed by atoms with Crippen LogP contribution in [0.15, 0.2) is 18.2 Å². The molecule has 0 N–H and O–H groups in total. The number of fused-ring (bicyclic) bond motifs is 1. The van der Waals surface area contributed by atoms with Crippen LogP contribution in [0.25, 0.3) is 10.9 Å². The quantitative estimate of drug-likeness (QED) is 0.794. The van der Waals surface area contributed by atoms with Crippen LogP contribution in [-0.4, -0.2) is 28.8 Å². The van der Waals surface area contributed by atoms with Crippen LogP contribution >= 0.6 is 0 Å². The van der Waals surface area contributed by atoms with Crippen LogP contribution in [0.4, 0.5) is 0 Å². The molecule has 0 unspecified atom stereocenters. The van der Waals surface area contributed by atoms with Gasteiger partial charge in [-0.15, -0.1) is 0 Å². The van der Waals surface area contributed by atoms with Crippen molar-refractivity contribution < 1.29 is 9.53 Å². The van der Waals surface area contributed by atoms with Crippen LogP contribution in [0.5, 0.6) is 0 Å². The van der Waals surface area contributed by atoms with Crippen LogP contribution in [-0.2, 0) is 10.2 Å². The number of benzene rings is 1. The zero-order valence-corrected chi connectivity index (χ0v) is 14.6. The summed E-state index contributed by atoms with van der Waals surface area (Å²) >= 11 is 0. The fourth-order valence-corrected chi connectivity index (χ4v) is 3.28. The average molecular weight is 314 g/mol. The summed E-state index contributed by atoms with van der Waals surface area (Å²) in [5.74, 6) is 0.186. The van der Waals surface area contributed by atoms with Gasteiger partial charge in [-0.1, -0.05) is 27.7 Å². The zero-order chi connectivity index (χ0) is 16.6. The monoisotopic (exact) mass is 314 g/mol. The van der Waals surface area contributed by atoms with Crippen molar-refractivity contribution >= 4 is 16.7 Å². The molecule has 0 spiro atoms. The molecule has 1 aromatic heterocycles. The van der Waals surface area contributed by atoms with Crippen molar-refractivity contribution in [3.8, 4) is 0 Å². The summed E-state index contributed by atoms with van der Waals surface area (Å²) in [5, 5.41) is 6.07. The maximum absolute atomic E-state index is 12.1. The lowest BCUT2D eigenvalue weighted by Crippen LogP contribution is -2.21. The van der Waals surface area contributed by atoms with Crippen molar-refractivity contribution in [1.29, 1.82) is 0 Å². The summed E-state index contributed by atoms with van der Waals surface area (Å²) in [7, 11) is 0. The molecular formula is C19H26N2O2. The maximum Gasteiger partial charge on any atom is 0.162 e. The molecule has 1 aliphatic rings. The van der Waals surface area contributed by atoms with E-state index in [1.54, 1.807) is 0 Å². The van der Waals surface area contributed by atoms with Crippen LogP contribution in [0.1, 0.15) is 69.1 Å². The minimum absolute atomic E-state index is 0.0530. The Morgan fingerprint density at radius 3 is 2.61 bits per heavy atom. The summed E-state index contributed by atoms with van der Waals surface area (Å²) < 4.78 is 7.65. The number of ether oxygens (including phenoxy) is 1. The van der Waals surface area contributed by atoms with Crippen LogP contribution in [0, 0.1) is 0 Å². The molecule has 2 aromatic rings. The first-order valence-electron chi connectivity index (χ1n) is 8.55. The molecule has 0 atom stereocenters. The molecule has 23 heavy (non-hydrogen) atoms. The Labute approximate surface area is 137 Å². The minimum atomic E-state index is -0.0530. The number of nitrogens with zero attached hydrogens (tertiary/aromatic N) is 2. The van der Waals surface area contributed by atoms with E-state index in [-0.39, 0.29) is 11.2 Å². The first-order valence-corrected chi connectivity index (χ1v) is 8.55. The van der Waals surface area contributed by atoms with E-state index >= 15 is 0 Å². The van der Waals surface area contributed by atoms with Gasteiger partial charge in [-0.05, 0) is 31.0 Å². The molecule has 0 aliphatic carbocycles. The minimum Gasteiger partial charge on any atom is -0.381 e. The summed E-state index contributed by atoms with van der Waals surface area (Å²) in [6, 6.07) is 6.42. The van der Waals surface area contributed by atoms with Gasteiger partial charge in [0.15, 0.2) is 5.78 Å². The van der Waals surface area contributed by atoms with E-state index in [4.69, 9.17) is 9.84 Å². The summed E-state index contributed by atoms with van der Waals surface area (Å²) in [5.41, 5.74) is 2.94. The van der Waals surface area contributed by atoms with E-state index in [2.05, 4.69) is 31.5 Å². The Hall–Kier alpha value is -1.68. The molecule has 1 aromatic carbocycles. The number of carbonyl (C=O) groups excluding carboxylic acids is 1. The van der Waals surface area contributed by atoms with Gasteiger partial charge >= 0.3 is 0 Å². The van der Waals surface area contributed by atoms with Crippen LogP contribution in [0.2, 0.25) is 0 Å². The van der Waals surface area contributed by atoms with E-state index in [9.17, 15) is 4.79 Å². The third kappa shape index (κ3) is 3.05. The summed E-state index contributed by atoms with van der Waals surface area (Å²) in [6.45, 7) is 10.0. The Bertz CT molecular complexity index is 719. The number of aromatic nitrogens is 2. The van der Waals surface area contributed by atoms with Gasteiger partial charge in [0.05, 0.1) is 17.3 Å². The molecular weight excluding hydrogens is 288 g/mol. The van der Waals surface area contributed by atoms with Gasteiger partial charge in [0.2, 0.25) is 0 Å². The molecule has 1 aliphatic heterocycles. The Morgan fingerprint density at radius 1 is 1.30 bits per heavy atom. The van der Waals surface area contributed by atoms with Crippen LogP contribution in [0.3, 0.4) is 0 Å². The second-order valence-electron chi connectivity index (χ2n) is 7.40. The van der Waals surface area contributed by atoms with Crippen molar-refractivity contribution in [3.05, 3.63) is 29.5 Å². The van der Waals surface area contributed by atoms with Crippen molar-refractivity contribution in [2.75, 3.05) is 13.2 Å². The summed E-state index contributed by atoms with van der Waals surface area (Å²) in [6.07, 6.45) is 2.52. The van der Waals surface area contributed by atoms with Gasteiger partial charge in [0, 0.05) is 36.0 Å². The topological polar surface area (TPSA) is 44.1 Å². The number of hydrogen-bond acceptors (Lipinski definition) is 3. The smallest absolute Gasteiger partial charge is 0.162 e. The molecule has 0 bridgehead atoms. The van der Waals surface area contributed by atoms with Crippen molar-refractivity contribution in [1.82, 2.24) is 9.78 Å². The Kier molecular flexibility index (Phi) is 4.28. The van der Waals surface area contributed by atoms with Crippen LogP contribution < -0.4 is 0 Å². The van der Waals surface area contributed by atoms with Gasteiger partial charge in [-0.3, -0.25) is 9.48 Å². The zero-order valence-electron chi connectivity index (χ0n) is 14.6. The first-order chi connectivity index (χ1) is 10.9. The predicted octanol–water partition coefficient (Wildman–Crippen LogP) is 4.28. The summed E-state index contributed by atoms with van der Waals surface area (Å²) in [4.78, 5) is 12.1. The Balaban J connectivity index is 2.16. The average Bonchev–Trinajstić information content (AvgIpc) is 2.93. The number of ketones is 1. The lowest BCUT2D eigenvalue weighted by Gasteiger charge is -2.23. The second kappa shape index (κ2) is 6.08. The van der Waals surface area contributed by atoms with Crippen molar-refractivity contribution in [2.24, 2.45) is 0 Å². The van der Waals surface area contributed by atoms with Gasteiger partial charge in [0.1, 0.15) is 0 Å². The van der Waals surface area contributed by atoms with E-state index < -0.39 is 0 Å². The second-order valence-corrected chi connectivity index (χ2v) is 7.40. The van der Waals surface area contributed by atoms with Crippen molar-refractivity contribution in [2.45, 2.75) is 58.4 Å². The molecule has 1 fully saturated rings. The molecule has 0 radical (unpaired) electrons. The fraction of sp³-hybridized carbons (Fsp3) is 0.579. The lowest BCUT2D eigenvalue weighted by molar-refractivity contribution is 0.0672. The fourth-order valence-electron chi connectivity index (χ4n) is 3.28. The normalized spacial score (nSPS) is 16.9. The van der Waals surface area contributed by atoms with Gasteiger partial charge < -0.3 is 4.74 Å². The number of Topliss-reactive ketones (excluding diaryl/α,β-unsaturated/α-hetero) is 1. The molecule has 2 heterocycles. The van der Waals surface area contributed by atoms with Gasteiger partial charge in [0.25, 0.3) is 0 Å². The highest BCUT2D eigenvalue weighted by molar-refractivity contribution is 6.00. The third-order valence-electron chi connectivity index (χ3n) is 4.60. The number of rotatable bonds is 3. The van der Waals surface area contributed by atoms with Gasteiger partial charge in [-0.25, -0.2) is 0 Å². The largest absolute Gasteiger partial charge is 0.381 e. The Morgan fingerprint density at radius 2 is 2.00 bits per heavy atom. The first kappa shape index (κ1) is 16.2. The van der Waals surface area contributed by atoms with E-state index in [0.29, 0.717) is 12.5 Å².